The van der Waals surface area contributed by atoms with Gasteiger partial charge >= 0.3 is 0 Å². The number of benzene rings is 2. The van der Waals surface area contributed by atoms with E-state index in [0.29, 0.717) is 60.9 Å². The van der Waals surface area contributed by atoms with Crippen molar-refractivity contribution in [1.29, 1.82) is 0 Å². The van der Waals surface area contributed by atoms with Gasteiger partial charge in [0, 0.05) is 25.6 Å². The third kappa shape index (κ3) is 6.76. The predicted octanol–water partition coefficient (Wildman–Crippen LogP) is 4.98. The molecule has 10 heteroatoms. The highest BCUT2D eigenvalue weighted by Gasteiger charge is 2.31. The Hall–Kier alpha value is -4.18. The van der Waals surface area contributed by atoms with Crippen molar-refractivity contribution >= 4 is 29.3 Å². The van der Waals surface area contributed by atoms with E-state index in [-0.39, 0.29) is 17.2 Å². The molecule has 0 bridgehead atoms. The second-order valence-corrected chi connectivity index (χ2v) is 12.3. The average molecular weight is 632 g/mol. The normalized spacial score (nSPS) is 15.8. The molecule has 0 saturated carbocycles. The van der Waals surface area contributed by atoms with Gasteiger partial charge in [0.2, 0.25) is 23.0 Å². The monoisotopic (exact) mass is 631 g/mol. The Morgan fingerprint density at radius 2 is 1.73 bits per heavy atom. The molecule has 9 nitrogen and oxygen atoms in total. The molecule has 0 aromatic heterocycles. The molecule has 0 fully saturated rings. The molecule has 0 unspecified atom stereocenters. The number of fused-ring (bicyclic) bond motifs is 4. The summed E-state index contributed by atoms with van der Waals surface area (Å²) in [5.41, 5.74) is 5.63. The molecule has 1 heterocycles. The highest BCUT2D eigenvalue weighted by atomic mass is 32.2. The second kappa shape index (κ2) is 14.3. The molecule has 2 atom stereocenters. The molecule has 0 saturated heterocycles. The van der Waals surface area contributed by atoms with Gasteiger partial charge in [0.15, 0.2) is 11.5 Å². The molecule has 5 rings (SSSR count). The van der Waals surface area contributed by atoms with Crippen LogP contribution in [0, 0.1) is 0 Å². The van der Waals surface area contributed by atoms with Crippen LogP contribution >= 0.6 is 11.8 Å². The lowest BCUT2D eigenvalue weighted by Gasteiger charge is -2.32. The number of hydrogen-bond acceptors (Lipinski definition) is 8. The fourth-order valence-electron chi connectivity index (χ4n) is 6.41. The summed E-state index contributed by atoms with van der Waals surface area (Å²) in [6, 6.07) is 14.3. The minimum absolute atomic E-state index is 0.0222. The van der Waals surface area contributed by atoms with E-state index in [1.54, 1.807) is 45.2 Å². The van der Waals surface area contributed by atoms with Gasteiger partial charge in [0.25, 0.3) is 0 Å². The summed E-state index contributed by atoms with van der Waals surface area (Å²) in [7, 11) is 4.71. The zero-order valence-corrected chi connectivity index (χ0v) is 27.3. The molecular weight excluding hydrogens is 590 g/mol. The van der Waals surface area contributed by atoms with Crippen LogP contribution < -0.4 is 30.3 Å². The van der Waals surface area contributed by atoms with E-state index in [1.165, 1.54) is 12.5 Å². The van der Waals surface area contributed by atoms with Crippen LogP contribution in [0.2, 0.25) is 0 Å². The van der Waals surface area contributed by atoms with E-state index in [2.05, 4.69) is 22.8 Å². The van der Waals surface area contributed by atoms with Gasteiger partial charge in [-0.2, -0.15) is 11.8 Å². The predicted molar refractivity (Wildman–Crippen MR) is 179 cm³/mol. The van der Waals surface area contributed by atoms with Crippen molar-refractivity contribution in [2.45, 2.75) is 51.2 Å². The van der Waals surface area contributed by atoms with E-state index < -0.39 is 12.1 Å². The topological polar surface area (TPSA) is 106 Å². The summed E-state index contributed by atoms with van der Waals surface area (Å²) in [5.74, 6) is 2.01. The number of thioether (sulfide) groups is 1. The largest absolute Gasteiger partial charge is 0.493 e. The maximum atomic E-state index is 13.9. The number of amides is 2. The minimum atomic E-state index is -0.574. The molecule has 45 heavy (non-hydrogen) atoms. The third-order valence-electron chi connectivity index (χ3n) is 8.60. The van der Waals surface area contributed by atoms with Crippen LogP contribution in [-0.4, -0.2) is 62.6 Å². The Morgan fingerprint density at radius 1 is 0.978 bits per heavy atom. The summed E-state index contributed by atoms with van der Waals surface area (Å²) >= 11 is 1.66. The zero-order chi connectivity index (χ0) is 32.1. The Bertz CT molecular complexity index is 1640. The van der Waals surface area contributed by atoms with Crippen LogP contribution in [0.3, 0.4) is 0 Å². The maximum absolute atomic E-state index is 13.9. The van der Waals surface area contributed by atoms with E-state index in [9.17, 15) is 14.4 Å². The van der Waals surface area contributed by atoms with Crippen LogP contribution in [-0.2, 0) is 29.0 Å². The standard InChI is InChI=1S/C35H41N3O6S/c1-21(39)36-27-12-10-23-18-31(42-2)33(43-3)34(44-4)32(23)25-11-13-28(30(40)19-26(25)27)37-29(15-17-45-5)35(41)38-16-14-22-8-6-7-9-24(22)20-38/h6-9,11,13,18-19,27,29H,10,12,14-17,20H2,1-5H3,(H,36,39)(H,37,40)/t27-,29-/m1/s1. The van der Waals surface area contributed by atoms with Crippen molar-refractivity contribution in [1.82, 2.24) is 10.2 Å². The molecule has 2 aliphatic rings. The van der Waals surface area contributed by atoms with Crippen LogP contribution in [0.4, 0.5) is 5.69 Å². The van der Waals surface area contributed by atoms with Gasteiger partial charge in [-0.3, -0.25) is 14.4 Å². The Balaban J connectivity index is 1.58. The lowest BCUT2D eigenvalue weighted by Crippen LogP contribution is -2.45. The maximum Gasteiger partial charge on any atom is 0.245 e. The van der Waals surface area contributed by atoms with Gasteiger partial charge in [-0.15, -0.1) is 0 Å². The van der Waals surface area contributed by atoms with Crippen molar-refractivity contribution in [3.05, 3.63) is 81.0 Å². The second-order valence-electron chi connectivity index (χ2n) is 11.4. The van der Waals surface area contributed by atoms with Gasteiger partial charge < -0.3 is 29.7 Å². The fraction of sp³-hybridized carbons (Fsp3) is 0.400. The summed E-state index contributed by atoms with van der Waals surface area (Å²) in [5, 5.41) is 6.37. The van der Waals surface area contributed by atoms with E-state index in [1.807, 2.05) is 35.4 Å². The number of ether oxygens (including phenoxy) is 3. The van der Waals surface area contributed by atoms with Crippen LogP contribution in [0.5, 0.6) is 17.2 Å². The molecule has 2 amide bonds. The Kier molecular flexibility index (Phi) is 10.2. The summed E-state index contributed by atoms with van der Waals surface area (Å²) in [6.07, 6.45) is 4.55. The molecule has 3 aromatic rings. The van der Waals surface area contributed by atoms with Crippen molar-refractivity contribution in [3.63, 3.8) is 0 Å². The Morgan fingerprint density at radius 3 is 2.42 bits per heavy atom. The van der Waals surface area contributed by atoms with Crippen molar-refractivity contribution in [3.8, 4) is 28.4 Å². The molecule has 3 aromatic carbocycles. The van der Waals surface area contributed by atoms with Crippen molar-refractivity contribution in [2.24, 2.45) is 0 Å². The molecule has 1 aliphatic heterocycles. The number of hydrogen-bond donors (Lipinski definition) is 2. The highest BCUT2D eigenvalue weighted by Crippen LogP contribution is 2.50. The van der Waals surface area contributed by atoms with Gasteiger partial charge in [-0.05, 0) is 83.7 Å². The van der Waals surface area contributed by atoms with Crippen LogP contribution in [0.1, 0.15) is 48.1 Å². The number of carbonyl (C=O) groups is 2. The molecule has 0 radical (unpaired) electrons. The van der Waals surface area contributed by atoms with Gasteiger partial charge in [0.05, 0.1) is 33.1 Å². The van der Waals surface area contributed by atoms with Crippen LogP contribution in [0.15, 0.2) is 53.3 Å². The number of methoxy groups -OCH3 is 3. The number of anilines is 1. The van der Waals surface area contributed by atoms with E-state index >= 15 is 0 Å². The summed E-state index contributed by atoms with van der Waals surface area (Å²) in [6.45, 7) is 2.65. The smallest absolute Gasteiger partial charge is 0.245 e. The van der Waals surface area contributed by atoms with Crippen LogP contribution in [0.25, 0.3) is 11.1 Å². The molecular formula is C35H41N3O6S. The quantitative estimate of drug-likeness (QED) is 0.323. The molecule has 0 spiro atoms. The lowest BCUT2D eigenvalue weighted by molar-refractivity contribution is -0.133. The number of aryl methyl sites for hydroxylation is 1. The first-order valence-electron chi connectivity index (χ1n) is 15.2. The van der Waals surface area contributed by atoms with Gasteiger partial charge in [-0.25, -0.2) is 0 Å². The van der Waals surface area contributed by atoms with E-state index in [0.717, 1.165) is 34.4 Å². The third-order valence-corrected chi connectivity index (χ3v) is 9.24. The molecule has 2 N–H and O–H groups in total. The average Bonchev–Trinajstić information content (AvgIpc) is 3.29. The highest BCUT2D eigenvalue weighted by molar-refractivity contribution is 7.98. The van der Waals surface area contributed by atoms with Gasteiger partial charge in [0.1, 0.15) is 6.04 Å². The zero-order valence-electron chi connectivity index (χ0n) is 26.5. The number of nitrogens with one attached hydrogen (secondary N) is 2. The lowest BCUT2D eigenvalue weighted by atomic mass is 9.95. The first-order valence-corrected chi connectivity index (χ1v) is 16.6. The fourth-order valence-corrected chi connectivity index (χ4v) is 6.88. The number of rotatable bonds is 10. The first-order chi connectivity index (χ1) is 21.8. The Labute approximate surface area is 268 Å². The number of carbonyl (C=O) groups excluding carboxylic acids is 2. The SMILES string of the molecule is COc1cc2c(c(OC)c1OC)-c1ccc(N[C@H](CCSC)C(=O)N3CCc4ccccc4C3)c(=O)cc1[C@H](NC(C)=O)CC2. The summed E-state index contributed by atoms with van der Waals surface area (Å²) in [4.78, 5) is 42.0. The molecule has 238 valence electrons. The summed E-state index contributed by atoms with van der Waals surface area (Å²) < 4.78 is 17.2. The molecule has 1 aliphatic carbocycles. The van der Waals surface area contributed by atoms with Crippen molar-refractivity contribution in [2.75, 3.05) is 45.2 Å². The van der Waals surface area contributed by atoms with E-state index in [4.69, 9.17) is 14.2 Å². The number of nitrogens with zero attached hydrogens (tertiary/aromatic N) is 1. The first kappa shape index (κ1) is 32.2. The minimum Gasteiger partial charge on any atom is -0.493 e. The van der Waals surface area contributed by atoms with Crippen molar-refractivity contribution < 1.29 is 23.8 Å². The van der Waals surface area contributed by atoms with Gasteiger partial charge in [-0.1, -0.05) is 30.3 Å².